The van der Waals surface area contributed by atoms with Crippen LogP contribution in [-0.2, 0) is 13.0 Å². The highest BCUT2D eigenvalue weighted by molar-refractivity contribution is 7.12. The van der Waals surface area contributed by atoms with Crippen LogP contribution in [0.25, 0.3) is 0 Å². The van der Waals surface area contributed by atoms with E-state index in [1.54, 1.807) is 16.9 Å². The van der Waals surface area contributed by atoms with E-state index in [9.17, 15) is 4.79 Å². The first kappa shape index (κ1) is 11.1. The lowest BCUT2D eigenvalue weighted by Crippen LogP contribution is -2.10. The molecule has 0 bridgehead atoms. The van der Waals surface area contributed by atoms with Crippen LogP contribution < -0.4 is 0 Å². The summed E-state index contributed by atoms with van der Waals surface area (Å²) in [5.74, 6) is 0.0891. The van der Waals surface area contributed by atoms with E-state index >= 15 is 0 Å². The van der Waals surface area contributed by atoms with Crippen molar-refractivity contribution in [3.8, 4) is 0 Å². The lowest BCUT2D eigenvalue weighted by molar-refractivity contribution is 0.103. The maximum atomic E-state index is 12.3. The molecule has 0 spiro atoms. The number of ketones is 1. The lowest BCUT2D eigenvalue weighted by atomic mass is 10.1. The van der Waals surface area contributed by atoms with Gasteiger partial charge in [0.25, 0.3) is 0 Å². The Bertz CT molecular complexity index is 454. The number of carbonyl (C=O) groups excluding carboxylic acids is 1. The lowest BCUT2D eigenvalue weighted by Gasteiger charge is -2.03. The minimum atomic E-state index is 0.0891. The van der Waals surface area contributed by atoms with E-state index in [0.29, 0.717) is 5.69 Å². The Morgan fingerprint density at radius 1 is 1.44 bits per heavy atom. The van der Waals surface area contributed by atoms with Gasteiger partial charge in [0.1, 0.15) is 5.69 Å². The normalized spacial score (nSPS) is 10.6. The van der Waals surface area contributed by atoms with Crippen LogP contribution in [0.15, 0.2) is 23.7 Å². The number of aryl methyl sites for hydroxylation is 2. The predicted molar refractivity (Wildman–Crippen MR) is 65.0 cm³/mol. The standard InChI is InChI=1S/C12H14N2OS/c1-3-9-6-8-16-12(9)11(15)10-5-7-13-14(10)4-2/h5-8H,3-4H2,1-2H3. The zero-order valence-corrected chi connectivity index (χ0v) is 10.3. The minimum absolute atomic E-state index is 0.0891. The van der Waals surface area contributed by atoms with Crippen molar-refractivity contribution in [1.29, 1.82) is 0 Å². The first-order chi connectivity index (χ1) is 7.77. The van der Waals surface area contributed by atoms with E-state index in [1.807, 2.05) is 18.4 Å². The van der Waals surface area contributed by atoms with Gasteiger partial charge in [0.05, 0.1) is 4.88 Å². The third-order valence-corrected chi connectivity index (χ3v) is 3.54. The van der Waals surface area contributed by atoms with Crippen LogP contribution in [0.3, 0.4) is 0 Å². The zero-order valence-electron chi connectivity index (χ0n) is 9.43. The van der Waals surface area contributed by atoms with Gasteiger partial charge < -0.3 is 0 Å². The van der Waals surface area contributed by atoms with E-state index in [4.69, 9.17) is 0 Å². The molecule has 0 amide bonds. The SMILES string of the molecule is CCc1ccsc1C(=O)c1ccnn1CC. The molecule has 16 heavy (non-hydrogen) atoms. The summed E-state index contributed by atoms with van der Waals surface area (Å²) >= 11 is 1.51. The number of aromatic nitrogens is 2. The van der Waals surface area contributed by atoms with Crippen LogP contribution in [0, 0.1) is 0 Å². The van der Waals surface area contributed by atoms with Gasteiger partial charge in [-0.15, -0.1) is 11.3 Å². The minimum Gasteiger partial charge on any atom is -0.286 e. The van der Waals surface area contributed by atoms with Gasteiger partial charge in [-0.3, -0.25) is 9.48 Å². The summed E-state index contributed by atoms with van der Waals surface area (Å²) in [5, 5.41) is 6.09. The molecule has 0 aliphatic heterocycles. The largest absolute Gasteiger partial charge is 0.286 e. The summed E-state index contributed by atoms with van der Waals surface area (Å²) in [6.45, 7) is 4.77. The summed E-state index contributed by atoms with van der Waals surface area (Å²) < 4.78 is 1.74. The summed E-state index contributed by atoms with van der Waals surface area (Å²) in [5.41, 5.74) is 1.80. The van der Waals surface area contributed by atoms with Crippen LogP contribution in [0.4, 0.5) is 0 Å². The van der Waals surface area contributed by atoms with Gasteiger partial charge in [0.2, 0.25) is 5.78 Å². The number of hydrogen-bond donors (Lipinski definition) is 0. The molecule has 0 atom stereocenters. The van der Waals surface area contributed by atoms with Crippen LogP contribution in [0.1, 0.15) is 34.8 Å². The fourth-order valence-corrected chi connectivity index (χ4v) is 2.65. The number of hydrogen-bond acceptors (Lipinski definition) is 3. The van der Waals surface area contributed by atoms with Gasteiger partial charge in [-0.05, 0) is 36.4 Å². The van der Waals surface area contributed by atoms with Gasteiger partial charge in [0, 0.05) is 12.7 Å². The van der Waals surface area contributed by atoms with Crippen molar-refractivity contribution in [2.24, 2.45) is 0 Å². The topological polar surface area (TPSA) is 34.9 Å². The maximum Gasteiger partial charge on any atom is 0.221 e. The molecule has 0 saturated carbocycles. The van der Waals surface area contributed by atoms with Crippen molar-refractivity contribution in [2.75, 3.05) is 0 Å². The van der Waals surface area contributed by atoms with Crippen molar-refractivity contribution in [1.82, 2.24) is 9.78 Å². The highest BCUT2D eigenvalue weighted by Gasteiger charge is 2.17. The Morgan fingerprint density at radius 2 is 2.25 bits per heavy atom. The number of rotatable bonds is 4. The summed E-state index contributed by atoms with van der Waals surface area (Å²) in [6.07, 6.45) is 2.57. The first-order valence-corrected chi connectivity index (χ1v) is 6.28. The van der Waals surface area contributed by atoms with Crippen LogP contribution in [-0.4, -0.2) is 15.6 Å². The molecule has 0 aliphatic rings. The molecule has 84 valence electrons. The van der Waals surface area contributed by atoms with Gasteiger partial charge in [0.15, 0.2) is 0 Å². The monoisotopic (exact) mass is 234 g/mol. The number of nitrogens with zero attached hydrogens (tertiary/aromatic N) is 2. The Hall–Kier alpha value is -1.42. The molecule has 0 fully saturated rings. The molecule has 0 radical (unpaired) electrons. The molecular weight excluding hydrogens is 220 g/mol. The van der Waals surface area contributed by atoms with Crippen molar-refractivity contribution in [3.05, 3.63) is 39.8 Å². The Labute approximate surface area is 98.7 Å². The summed E-state index contributed by atoms with van der Waals surface area (Å²) in [4.78, 5) is 13.1. The number of carbonyl (C=O) groups is 1. The smallest absolute Gasteiger partial charge is 0.221 e. The molecular formula is C12H14N2OS. The molecule has 0 aromatic carbocycles. The first-order valence-electron chi connectivity index (χ1n) is 5.40. The number of thiophene rings is 1. The fraction of sp³-hybridized carbons (Fsp3) is 0.333. The average molecular weight is 234 g/mol. The second-order valence-corrected chi connectivity index (χ2v) is 4.41. The average Bonchev–Trinajstić information content (AvgIpc) is 2.96. The van der Waals surface area contributed by atoms with Gasteiger partial charge in [-0.25, -0.2) is 0 Å². The molecule has 3 nitrogen and oxygen atoms in total. The molecule has 0 saturated heterocycles. The van der Waals surface area contributed by atoms with E-state index < -0.39 is 0 Å². The molecule has 0 aliphatic carbocycles. The van der Waals surface area contributed by atoms with Gasteiger partial charge >= 0.3 is 0 Å². The third-order valence-electron chi connectivity index (χ3n) is 2.58. The van der Waals surface area contributed by atoms with E-state index in [0.717, 1.165) is 23.4 Å². The Balaban J connectivity index is 2.39. The zero-order chi connectivity index (χ0) is 11.5. The second-order valence-electron chi connectivity index (χ2n) is 3.49. The Kier molecular flexibility index (Phi) is 3.19. The maximum absolute atomic E-state index is 12.3. The van der Waals surface area contributed by atoms with E-state index in [1.165, 1.54) is 11.3 Å². The highest BCUT2D eigenvalue weighted by atomic mass is 32.1. The summed E-state index contributed by atoms with van der Waals surface area (Å²) in [7, 11) is 0. The van der Waals surface area contributed by atoms with Gasteiger partial charge in [-0.1, -0.05) is 6.92 Å². The highest BCUT2D eigenvalue weighted by Crippen LogP contribution is 2.21. The molecule has 0 unspecified atom stereocenters. The Morgan fingerprint density at radius 3 is 2.94 bits per heavy atom. The van der Waals surface area contributed by atoms with Gasteiger partial charge in [-0.2, -0.15) is 5.10 Å². The molecule has 2 aromatic heterocycles. The molecule has 2 aromatic rings. The van der Waals surface area contributed by atoms with Crippen LogP contribution >= 0.6 is 11.3 Å². The molecule has 2 heterocycles. The van der Waals surface area contributed by atoms with Crippen molar-refractivity contribution < 1.29 is 4.79 Å². The van der Waals surface area contributed by atoms with Crippen molar-refractivity contribution in [2.45, 2.75) is 26.8 Å². The van der Waals surface area contributed by atoms with E-state index in [-0.39, 0.29) is 5.78 Å². The third kappa shape index (κ3) is 1.80. The molecule has 2 rings (SSSR count). The van der Waals surface area contributed by atoms with Crippen molar-refractivity contribution in [3.63, 3.8) is 0 Å². The van der Waals surface area contributed by atoms with Crippen LogP contribution in [0.5, 0.6) is 0 Å². The van der Waals surface area contributed by atoms with Crippen LogP contribution in [0.2, 0.25) is 0 Å². The summed E-state index contributed by atoms with van der Waals surface area (Å²) in [6, 6.07) is 3.80. The molecule has 0 N–H and O–H groups in total. The quantitative estimate of drug-likeness (QED) is 0.762. The second kappa shape index (κ2) is 4.61. The van der Waals surface area contributed by atoms with Crippen molar-refractivity contribution >= 4 is 17.1 Å². The van der Waals surface area contributed by atoms with E-state index in [2.05, 4.69) is 12.0 Å². The predicted octanol–water partition coefficient (Wildman–Crippen LogP) is 2.76. The molecule has 4 heteroatoms. The fourth-order valence-electron chi connectivity index (χ4n) is 1.71.